The maximum Gasteiger partial charge on any atom is 0.255 e. The zero-order valence-electron chi connectivity index (χ0n) is 16.3. The molecule has 0 aliphatic heterocycles. The highest BCUT2D eigenvalue weighted by Crippen LogP contribution is 2.19. The Hall–Kier alpha value is -2.42. The summed E-state index contributed by atoms with van der Waals surface area (Å²) in [7, 11) is -1.92. The lowest BCUT2D eigenvalue weighted by Gasteiger charge is -2.18. The molecule has 0 heterocycles. The summed E-state index contributed by atoms with van der Waals surface area (Å²) >= 11 is 0. The van der Waals surface area contributed by atoms with Gasteiger partial charge in [-0.25, -0.2) is 8.42 Å². The van der Waals surface area contributed by atoms with Crippen molar-refractivity contribution in [3.05, 3.63) is 54.1 Å². The van der Waals surface area contributed by atoms with Crippen LogP contribution in [0.5, 0.6) is 5.75 Å². The average molecular weight is 407 g/mol. The van der Waals surface area contributed by atoms with Crippen molar-refractivity contribution in [1.82, 2.24) is 4.31 Å². The molecule has 28 heavy (non-hydrogen) atoms. The van der Waals surface area contributed by atoms with Crippen LogP contribution in [0.2, 0.25) is 0 Å². The van der Waals surface area contributed by atoms with Crippen molar-refractivity contribution >= 4 is 21.6 Å². The van der Waals surface area contributed by atoms with E-state index >= 15 is 0 Å². The predicted molar refractivity (Wildman–Crippen MR) is 108 cm³/mol. The van der Waals surface area contributed by atoms with E-state index in [2.05, 4.69) is 5.32 Å². The van der Waals surface area contributed by atoms with Crippen LogP contribution in [0.25, 0.3) is 0 Å². The molecule has 0 saturated heterocycles. The van der Waals surface area contributed by atoms with Gasteiger partial charge in [0.2, 0.25) is 10.0 Å². The van der Waals surface area contributed by atoms with Crippen LogP contribution in [0, 0.1) is 0 Å². The van der Waals surface area contributed by atoms with Crippen LogP contribution < -0.4 is 10.1 Å². The average Bonchev–Trinajstić information content (AvgIpc) is 2.70. The second-order valence-corrected chi connectivity index (χ2v) is 7.87. The molecule has 0 unspecified atom stereocenters. The molecular formula is C20H26N2O5S. The number of sulfonamides is 1. The molecule has 8 heteroatoms. The largest absolute Gasteiger partial charge is 0.491 e. The highest BCUT2D eigenvalue weighted by molar-refractivity contribution is 7.89. The number of anilines is 1. The van der Waals surface area contributed by atoms with E-state index in [-0.39, 0.29) is 10.8 Å². The molecule has 1 N–H and O–H groups in total. The minimum Gasteiger partial charge on any atom is -0.491 e. The molecule has 0 aliphatic carbocycles. The lowest BCUT2D eigenvalue weighted by atomic mass is 10.2. The molecule has 1 amide bonds. The number of benzene rings is 2. The van der Waals surface area contributed by atoms with E-state index in [9.17, 15) is 13.2 Å². The Labute approximate surface area is 166 Å². The summed E-state index contributed by atoms with van der Waals surface area (Å²) in [6.07, 6.45) is 0. The van der Waals surface area contributed by atoms with Gasteiger partial charge in [-0.1, -0.05) is 13.8 Å². The summed E-state index contributed by atoms with van der Waals surface area (Å²) in [5.41, 5.74) is 0.989. The quantitative estimate of drug-likeness (QED) is 0.613. The highest BCUT2D eigenvalue weighted by atomic mass is 32.2. The van der Waals surface area contributed by atoms with Crippen LogP contribution in [-0.4, -0.2) is 52.0 Å². The van der Waals surface area contributed by atoms with E-state index in [1.54, 1.807) is 57.4 Å². The van der Waals surface area contributed by atoms with Gasteiger partial charge < -0.3 is 14.8 Å². The number of rotatable bonds is 10. The van der Waals surface area contributed by atoms with Gasteiger partial charge in [0, 0.05) is 31.5 Å². The van der Waals surface area contributed by atoms with Gasteiger partial charge in [-0.15, -0.1) is 0 Å². The van der Waals surface area contributed by atoms with Gasteiger partial charge in [0.05, 0.1) is 11.5 Å². The van der Waals surface area contributed by atoms with E-state index in [0.29, 0.717) is 43.3 Å². The first-order chi connectivity index (χ1) is 13.4. The smallest absolute Gasteiger partial charge is 0.255 e. The van der Waals surface area contributed by atoms with Crippen LogP contribution in [-0.2, 0) is 14.8 Å². The number of ether oxygens (including phenoxy) is 2. The fraction of sp³-hybridized carbons (Fsp3) is 0.350. The summed E-state index contributed by atoms with van der Waals surface area (Å²) in [6, 6.07) is 12.9. The number of nitrogens with zero attached hydrogens (tertiary/aromatic N) is 1. The molecule has 0 spiro atoms. The third kappa shape index (κ3) is 5.54. The predicted octanol–water partition coefficient (Wildman–Crippen LogP) is 2.99. The first kappa shape index (κ1) is 21.9. The van der Waals surface area contributed by atoms with Crippen molar-refractivity contribution in [3.63, 3.8) is 0 Å². The van der Waals surface area contributed by atoms with Crippen molar-refractivity contribution in [3.8, 4) is 5.75 Å². The van der Waals surface area contributed by atoms with Crippen molar-refractivity contribution in [2.24, 2.45) is 0 Å². The maximum absolute atomic E-state index is 12.5. The van der Waals surface area contributed by atoms with E-state index in [1.807, 2.05) is 0 Å². The van der Waals surface area contributed by atoms with E-state index in [1.165, 1.54) is 16.4 Å². The number of carbonyl (C=O) groups is 1. The first-order valence-electron chi connectivity index (χ1n) is 9.05. The molecule has 0 aliphatic rings. The van der Waals surface area contributed by atoms with Gasteiger partial charge >= 0.3 is 0 Å². The van der Waals surface area contributed by atoms with Crippen LogP contribution in [0.1, 0.15) is 24.2 Å². The molecule has 7 nitrogen and oxygen atoms in total. The maximum atomic E-state index is 12.5. The number of hydrogen-bond acceptors (Lipinski definition) is 5. The summed E-state index contributed by atoms with van der Waals surface area (Å²) in [4.78, 5) is 12.6. The SMILES string of the molecule is CCN(CC)S(=O)(=O)c1ccc(NC(=O)c2ccc(OCCOC)cc2)cc1. The molecule has 0 fully saturated rings. The molecule has 2 aromatic rings. The van der Waals surface area contributed by atoms with Gasteiger partial charge in [-0.2, -0.15) is 4.31 Å². The lowest BCUT2D eigenvalue weighted by Crippen LogP contribution is -2.30. The first-order valence-corrected chi connectivity index (χ1v) is 10.5. The van der Waals surface area contributed by atoms with Gasteiger partial charge in [-0.3, -0.25) is 4.79 Å². The second-order valence-electron chi connectivity index (χ2n) is 5.93. The Bertz CT molecular complexity index is 860. The molecule has 0 bridgehead atoms. The third-order valence-electron chi connectivity index (χ3n) is 4.13. The Morgan fingerprint density at radius 2 is 1.57 bits per heavy atom. The fourth-order valence-corrected chi connectivity index (χ4v) is 4.03. The minimum atomic E-state index is -3.52. The van der Waals surface area contributed by atoms with Crippen LogP contribution in [0.3, 0.4) is 0 Å². The lowest BCUT2D eigenvalue weighted by molar-refractivity contribution is 0.102. The molecule has 0 saturated carbocycles. The number of nitrogens with one attached hydrogen (secondary N) is 1. The normalized spacial score (nSPS) is 11.4. The van der Waals surface area contributed by atoms with E-state index in [0.717, 1.165) is 0 Å². The van der Waals surface area contributed by atoms with Crippen molar-refractivity contribution in [2.75, 3.05) is 38.7 Å². The summed E-state index contributed by atoms with van der Waals surface area (Å²) in [6.45, 7) is 5.32. The molecule has 152 valence electrons. The molecular weight excluding hydrogens is 380 g/mol. The molecule has 0 radical (unpaired) electrons. The Kier molecular flexibility index (Phi) is 7.98. The topological polar surface area (TPSA) is 84.9 Å². The van der Waals surface area contributed by atoms with Crippen molar-refractivity contribution in [2.45, 2.75) is 18.7 Å². The second kappa shape index (κ2) is 10.2. The Morgan fingerprint density at radius 1 is 0.964 bits per heavy atom. The van der Waals surface area contributed by atoms with Crippen LogP contribution >= 0.6 is 0 Å². The molecule has 0 aromatic heterocycles. The number of carbonyl (C=O) groups excluding carboxylic acids is 1. The zero-order valence-corrected chi connectivity index (χ0v) is 17.2. The van der Waals surface area contributed by atoms with Gasteiger partial charge in [0.25, 0.3) is 5.91 Å². The van der Waals surface area contributed by atoms with Crippen molar-refractivity contribution < 1.29 is 22.7 Å². The minimum absolute atomic E-state index is 0.201. The van der Waals surface area contributed by atoms with Crippen LogP contribution in [0.15, 0.2) is 53.4 Å². The molecule has 2 aromatic carbocycles. The number of hydrogen-bond donors (Lipinski definition) is 1. The Morgan fingerprint density at radius 3 is 2.11 bits per heavy atom. The summed E-state index contributed by atoms with van der Waals surface area (Å²) < 4.78 is 36.8. The number of amides is 1. The summed E-state index contributed by atoms with van der Waals surface area (Å²) in [5.74, 6) is 0.363. The summed E-state index contributed by atoms with van der Waals surface area (Å²) in [5, 5.41) is 2.76. The van der Waals surface area contributed by atoms with Gasteiger partial charge in [-0.05, 0) is 48.5 Å². The fourth-order valence-electron chi connectivity index (χ4n) is 2.57. The standard InChI is InChI=1S/C20H26N2O5S/c1-4-22(5-2)28(24,25)19-12-8-17(9-13-19)21-20(23)16-6-10-18(11-7-16)27-15-14-26-3/h6-13H,4-5,14-15H2,1-3H3,(H,21,23). The van der Waals surface area contributed by atoms with Gasteiger partial charge in [0.1, 0.15) is 12.4 Å². The van der Waals surface area contributed by atoms with Crippen molar-refractivity contribution in [1.29, 1.82) is 0 Å². The molecule has 0 atom stereocenters. The highest BCUT2D eigenvalue weighted by Gasteiger charge is 2.21. The van der Waals surface area contributed by atoms with E-state index < -0.39 is 10.0 Å². The third-order valence-corrected chi connectivity index (χ3v) is 6.19. The number of methoxy groups -OCH3 is 1. The Balaban J connectivity index is 2.03. The van der Waals surface area contributed by atoms with Crippen LogP contribution in [0.4, 0.5) is 5.69 Å². The monoisotopic (exact) mass is 406 g/mol. The molecule has 2 rings (SSSR count). The van der Waals surface area contributed by atoms with Gasteiger partial charge in [0.15, 0.2) is 0 Å². The van der Waals surface area contributed by atoms with E-state index in [4.69, 9.17) is 9.47 Å². The zero-order chi connectivity index (χ0) is 20.6.